The second kappa shape index (κ2) is 6.49. The molecule has 0 bridgehead atoms. The van der Waals surface area contributed by atoms with Crippen LogP contribution in [0.4, 0.5) is 0 Å². The molecule has 0 radical (unpaired) electrons. The topological polar surface area (TPSA) is 83.5 Å². The number of carboxylic acid groups (broad SMARTS) is 1. The van der Waals surface area contributed by atoms with Crippen LogP contribution >= 0.6 is 11.3 Å². The van der Waals surface area contributed by atoms with Crippen LogP contribution in [-0.4, -0.2) is 26.0 Å². The maximum absolute atomic E-state index is 12.1. The molecule has 0 amide bonds. The maximum Gasteiger partial charge on any atom is 0.345 e. The Labute approximate surface area is 117 Å². The van der Waals surface area contributed by atoms with Crippen molar-refractivity contribution in [2.45, 2.75) is 38.5 Å². The molecule has 1 heterocycles. The van der Waals surface area contributed by atoms with Gasteiger partial charge in [-0.25, -0.2) is 17.9 Å². The Morgan fingerprint density at radius 3 is 2.42 bits per heavy atom. The third kappa shape index (κ3) is 4.02. The van der Waals surface area contributed by atoms with Crippen molar-refractivity contribution >= 4 is 27.3 Å². The van der Waals surface area contributed by atoms with Gasteiger partial charge in [-0.3, -0.25) is 0 Å². The highest BCUT2D eigenvalue weighted by atomic mass is 32.2. The molecule has 0 saturated carbocycles. The quantitative estimate of drug-likeness (QED) is 0.810. The van der Waals surface area contributed by atoms with Crippen molar-refractivity contribution in [3.8, 4) is 0 Å². The van der Waals surface area contributed by atoms with E-state index in [0.717, 1.165) is 24.2 Å². The number of carbonyl (C=O) groups is 1. The summed E-state index contributed by atoms with van der Waals surface area (Å²) in [7, 11) is -3.62. The van der Waals surface area contributed by atoms with Crippen molar-refractivity contribution in [3.05, 3.63) is 15.8 Å². The lowest BCUT2D eigenvalue weighted by atomic mass is 10.0. The molecule has 0 unspecified atom stereocenters. The number of aromatic carboxylic acids is 1. The smallest absolute Gasteiger partial charge is 0.345 e. The van der Waals surface area contributed by atoms with Gasteiger partial charge in [0.05, 0.1) is 4.90 Å². The molecule has 108 valence electrons. The highest BCUT2D eigenvalue weighted by Gasteiger charge is 2.22. The molecule has 7 heteroatoms. The van der Waals surface area contributed by atoms with E-state index < -0.39 is 16.0 Å². The first kappa shape index (κ1) is 16.1. The van der Waals surface area contributed by atoms with Gasteiger partial charge in [0.25, 0.3) is 0 Å². The third-order valence-corrected chi connectivity index (χ3v) is 5.81. The Bertz CT molecular complexity index is 544. The molecule has 0 aromatic carbocycles. The summed E-state index contributed by atoms with van der Waals surface area (Å²) in [5, 5.41) is 8.88. The van der Waals surface area contributed by atoms with Crippen molar-refractivity contribution in [1.29, 1.82) is 0 Å². The SMILES string of the molecule is CCC(CC)CNS(=O)(=O)c1cc(C(=O)O)sc1C. The molecular weight excluding hydrogens is 286 g/mol. The number of sulfonamides is 1. The van der Waals surface area contributed by atoms with Gasteiger partial charge in [-0.2, -0.15) is 0 Å². The molecule has 0 atom stereocenters. The molecule has 1 rings (SSSR count). The molecule has 0 aliphatic heterocycles. The van der Waals surface area contributed by atoms with Crippen molar-refractivity contribution < 1.29 is 18.3 Å². The van der Waals surface area contributed by atoms with Crippen molar-refractivity contribution in [1.82, 2.24) is 4.72 Å². The highest BCUT2D eigenvalue weighted by molar-refractivity contribution is 7.89. The normalized spacial score (nSPS) is 12.0. The minimum atomic E-state index is -3.62. The van der Waals surface area contributed by atoms with Gasteiger partial charge >= 0.3 is 5.97 Å². The summed E-state index contributed by atoms with van der Waals surface area (Å²) in [6.07, 6.45) is 1.81. The van der Waals surface area contributed by atoms with E-state index in [1.807, 2.05) is 13.8 Å². The number of carboxylic acids is 1. The molecule has 0 spiro atoms. The van der Waals surface area contributed by atoms with E-state index >= 15 is 0 Å². The summed E-state index contributed by atoms with van der Waals surface area (Å²) in [5.74, 6) is -0.804. The Hall–Kier alpha value is -0.920. The van der Waals surface area contributed by atoms with E-state index in [9.17, 15) is 13.2 Å². The van der Waals surface area contributed by atoms with E-state index in [2.05, 4.69) is 4.72 Å². The van der Waals surface area contributed by atoms with Crippen LogP contribution < -0.4 is 4.72 Å². The predicted molar refractivity (Wildman–Crippen MR) is 75.3 cm³/mol. The molecule has 2 N–H and O–H groups in total. The number of aryl methyl sites for hydroxylation is 1. The molecule has 0 fully saturated rings. The summed E-state index contributed by atoms with van der Waals surface area (Å²) in [6, 6.07) is 1.22. The van der Waals surface area contributed by atoms with Crippen LogP contribution in [0.2, 0.25) is 0 Å². The van der Waals surface area contributed by atoms with Crippen LogP contribution in [0.15, 0.2) is 11.0 Å². The van der Waals surface area contributed by atoms with Crippen LogP contribution in [0, 0.1) is 12.8 Å². The van der Waals surface area contributed by atoms with E-state index in [1.54, 1.807) is 6.92 Å². The summed E-state index contributed by atoms with van der Waals surface area (Å²) in [4.78, 5) is 11.5. The Balaban J connectivity index is 2.91. The minimum absolute atomic E-state index is 0.0420. The van der Waals surface area contributed by atoms with Gasteiger partial charge in [-0.05, 0) is 18.9 Å². The average Bonchev–Trinajstić information content (AvgIpc) is 2.73. The van der Waals surface area contributed by atoms with Gasteiger partial charge in [0.15, 0.2) is 0 Å². The molecule has 0 saturated heterocycles. The monoisotopic (exact) mass is 305 g/mol. The predicted octanol–water partition coefficient (Wildman–Crippen LogP) is 2.47. The molecule has 1 aromatic rings. The zero-order valence-corrected chi connectivity index (χ0v) is 12.9. The van der Waals surface area contributed by atoms with E-state index in [1.165, 1.54) is 6.07 Å². The van der Waals surface area contributed by atoms with Crippen LogP contribution in [0.1, 0.15) is 41.2 Å². The fourth-order valence-corrected chi connectivity index (χ4v) is 4.26. The number of hydrogen-bond donors (Lipinski definition) is 2. The number of thiophene rings is 1. The molecule has 1 aromatic heterocycles. The lowest BCUT2D eigenvalue weighted by Gasteiger charge is -2.13. The molecule has 0 aliphatic rings. The van der Waals surface area contributed by atoms with Gasteiger partial charge in [0.1, 0.15) is 4.88 Å². The van der Waals surface area contributed by atoms with Gasteiger partial charge in [-0.15, -0.1) is 11.3 Å². The van der Waals surface area contributed by atoms with Crippen LogP contribution in [0.5, 0.6) is 0 Å². The molecular formula is C12H19NO4S2. The standard InChI is InChI=1S/C12H19NO4S2/c1-4-9(5-2)7-13-19(16,17)11-6-10(12(14)15)18-8(11)3/h6,9,13H,4-5,7H2,1-3H3,(H,14,15). The van der Waals surface area contributed by atoms with Crippen molar-refractivity contribution in [3.63, 3.8) is 0 Å². The summed E-state index contributed by atoms with van der Waals surface area (Å²) in [6.45, 7) is 6.03. The van der Waals surface area contributed by atoms with E-state index in [0.29, 0.717) is 17.3 Å². The first-order chi connectivity index (χ1) is 8.81. The Kier molecular flexibility index (Phi) is 5.51. The van der Waals surface area contributed by atoms with Gasteiger partial charge < -0.3 is 5.11 Å². The van der Waals surface area contributed by atoms with Crippen LogP contribution in [0.25, 0.3) is 0 Å². The maximum atomic E-state index is 12.1. The fraction of sp³-hybridized carbons (Fsp3) is 0.583. The van der Waals surface area contributed by atoms with Gasteiger partial charge in [0, 0.05) is 11.4 Å². The Morgan fingerprint density at radius 1 is 1.42 bits per heavy atom. The van der Waals surface area contributed by atoms with Crippen molar-refractivity contribution in [2.24, 2.45) is 5.92 Å². The number of rotatable bonds is 7. The first-order valence-electron chi connectivity index (χ1n) is 6.15. The van der Waals surface area contributed by atoms with Gasteiger partial charge in [-0.1, -0.05) is 26.7 Å². The second-order valence-electron chi connectivity index (χ2n) is 4.37. The van der Waals surface area contributed by atoms with Crippen LogP contribution in [0.3, 0.4) is 0 Å². The van der Waals surface area contributed by atoms with Gasteiger partial charge in [0.2, 0.25) is 10.0 Å². The lowest BCUT2D eigenvalue weighted by molar-refractivity contribution is 0.0702. The summed E-state index contributed by atoms with van der Waals surface area (Å²) < 4.78 is 26.8. The minimum Gasteiger partial charge on any atom is -0.477 e. The average molecular weight is 305 g/mol. The summed E-state index contributed by atoms with van der Waals surface area (Å²) >= 11 is 0.976. The van der Waals surface area contributed by atoms with Crippen LogP contribution in [-0.2, 0) is 10.0 Å². The highest BCUT2D eigenvalue weighted by Crippen LogP contribution is 2.25. The number of nitrogens with one attached hydrogen (secondary N) is 1. The fourth-order valence-electron chi connectivity index (χ4n) is 1.72. The molecule has 0 aliphatic carbocycles. The first-order valence-corrected chi connectivity index (χ1v) is 8.45. The zero-order valence-electron chi connectivity index (χ0n) is 11.3. The second-order valence-corrected chi connectivity index (χ2v) is 7.36. The molecule has 19 heavy (non-hydrogen) atoms. The molecule has 5 nitrogen and oxygen atoms in total. The largest absolute Gasteiger partial charge is 0.477 e. The number of hydrogen-bond acceptors (Lipinski definition) is 4. The third-order valence-electron chi connectivity index (χ3n) is 3.09. The lowest BCUT2D eigenvalue weighted by Crippen LogP contribution is -2.29. The van der Waals surface area contributed by atoms with Crippen molar-refractivity contribution in [2.75, 3.05) is 6.54 Å². The van der Waals surface area contributed by atoms with E-state index in [-0.39, 0.29) is 9.77 Å². The summed E-state index contributed by atoms with van der Waals surface area (Å²) in [5.41, 5.74) is 0. The zero-order chi connectivity index (χ0) is 14.6. The van der Waals surface area contributed by atoms with E-state index in [4.69, 9.17) is 5.11 Å². The Morgan fingerprint density at radius 2 is 2.00 bits per heavy atom.